The van der Waals surface area contributed by atoms with Gasteiger partial charge in [0.25, 0.3) is 5.91 Å². The Morgan fingerprint density at radius 3 is 2.82 bits per heavy atom. The largest absolute Gasteiger partial charge is 0.493 e. The Kier molecular flexibility index (Phi) is 5.26. The van der Waals surface area contributed by atoms with Gasteiger partial charge >= 0.3 is 0 Å². The number of hydrogen-bond donors (Lipinski definition) is 0. The lowest BCUT2D eigenvalue weighted by Gasteiger charge is -2.28. The number of likely N-dealkylation sites (tertiary alicyclic amines) is 1. The van der Waals surface area contributed by atoms with Crippen LogP contribution in [0.15, 0.2) is 18.2 Å². The molecule has 0 unspecified atom stereocenters. The Labute approximate surface area is 131 Å². The SMILES string of the molecule is CC[C@H]1CC[C@H](C)N1C(=O)COc1ccc(C#N)cc1OC. The van der Waals surface area contributed by atoms with Gasteiger partial charge in [-0.1, -0.05) is 6.92 Å². The molecule has 0 saturated carbocycles. The van der Waals surface area contributed by atoms with E-state index in [1.807, 2.05) is 11.0 Å². The van der Waals surface area contributed by atoms with E-state index in [4.69, 9.17) is 14.7 Å². The molecule has 0 N–H and O–H groups in total. The third-order valence-corrected chi connectivity index (χ3v) is 4.19. The molecular weight excluding hydrogens is 280 g/mol. The molecule has 1 fully saturated rings. The van der Waals surface area contributed by atoms with Crippen molar-refractivity contribution in [2.75, 3.05) is 13.7 Å². The van der Waals surface area contributed by atoms with Gasteiger partial charge in [0.05, 0.1) is 18.7 Å². The number of ether oxygens (including phenoxy) is 2. The molecule has 1 saturated heterocycles. The first kappa shape index (κ1) is 16.2. The average molecular weight is 302 g/mol. The van der Waals surface area contributed by atoms with Gasteiger partial charge in [0, 0.05) is 18.2 Å². The van der Waals surface area contributed by atoms with Crippen LogP contribution in [0.2, 0.25) is 0 Å². The van der Waals surface area contributed by atoms with Crippen molar-refractivity contribution in [1.82, 2.24) is 4.90 Å². The Morgan fingerprint density at radius 2 is 2.18 bits per heavy atom. The average Bonchev–Trinajstić information content (AvgIpc) is 2.93. The third kappa shape index (κ3) is 3.33. The van der Waals surface area contributed by atoms with Crippen molar-refractivity contribution in [3.05, 3.63) is 23.8 Å². The normalized spacial score (nSPS) is 20.5. The first-order valence-electron chi connectivity index (χ1n) is 7.62. The van der Waals surface area contributed by atoms with E-state index in [0.29, 0.717) is 23.1 Å². The molecule has 0 aliphatic carbocycles. The number of methoxy groups -OCH3 is 1. The number of rotatable bonds is 5. The molecule has 2 atom stereocenters. The summed E-state index contributed by atoms with van der Waals surface area (Å²) in [6, 6.07) is 7.54. The van der Waals surface area contributed by atoms with E-state index >= 15 is 0 Å². The van der Waals surface area contributed by atoms with Gasteiger partial charge in [-0.05, 0) is 38.3 Å². The highest BCUT2D eigenvalue weighted by atomic mass is 16.5. The lowest BCUT2D eigenvalue weighted by Crippen LogP contribution is -2.42. The minimum Gasteiger partial charge on any atom is -0.493 e. The summed E-state index contributed by atoms with van der Waals surface area (Å²) >= 11 is 0. The molecule has 5 heteroatoms. The quantitative estimate of drug-likeness (QED) is 0.839. The molecule has 0 bridgehead atoms. The zero-order chi connectivity index (χ0) is 16.1. The molecular formula is C17H22N2O3. The number of amides is 1. The maximum Gasteiger partial charge on any atom is 0.260 e. The topological polar surface area (TPSA) is 62.6 Å². The molecule has 1 amide bonds. The van der Waals surface area contributed by atoms with E-state index in [0.717, 1.165) is 19.3 Å². The molecule has 0 aromatic heterocycles. The molecule has 0 spiro atoms. The van der Waals surface area contributed by atoms with Crippen molar-refractivity contribution in [3.8, 4) is 17.6 Å². The van der Waals surface area contributed by atoms with Crippen LogP contribution in [-0.4, -0.2) is 36.6 Å². The number of benzene rings is 1. The Morgan fingerprint density at radius 1 is 1.41 bits per heavy atom. The van der Waals surface area contributed by atoms with Crippen LogP contribution in [0.25, 0.3) is 0 Å². The number of nitrogens with zero attached hydrogens (tertiary/aromatic N) is 2. The maximum atomic E-state index is 12.4. The van der Waals surface area contributed by atoms with Gasteiger partial charge in [-0.25, -0.2) is 0 Å². The summed E-state index contributed by atoms with van der Waals surface area (Å²) in [4.78, 5) is 14.4. The molecule has 2 rings (SSSR count). The first-order chi connectivity index (χ1) is 10.6. The summed E-state index contributed by atoms with van der Waals surface area (Å²) in [5, 5.41) is 8.89. The van der Waals surface area contributed by atoms with Crippen LogP contribution in [0.5, 0.6) is 11.5 Å². The van der Waals surface area contributed by atoms with E-state index in [9.17, 15) is 4.79 Å². The summed E-state index contributed by atoms with van der Waals surface area (Å²) in [6.45, 7) is 4.17. The summed E-state index contributed by atoms with van der Waals surface area (Å²) in [5.74, 6) is 0.950. The number of hydrogen-bond acceptors (Lipinski definition) is 4. The van der Waals surface area contributed by atoms with Crippen LogP contribution < -0.4 is 9.47 Å². The van der Waals surface area contributed by atoms with E-state index in [1.165, 1.54) is 7.11 Å². The van der Waals surface area contributed by atoms with Crippen LogP contribution >= 0.6 is 0 Å². The van der Waals surface area contributed by atoms with E-state index in [1.54, 1.807) is 18.2 Å². The molecule has 1 aliphatic rings. The molecule has 0 radical (unpaired) electrons. The van der Waals surface area contributed by atoms with Gasteiger partial charge in [0.15, 0.2) is 18.1 Å². The van der Waals surface area contributed by atoms with Crippen molar-refractivity contribution in [1.29, 1.82) is 5.26 Å². The van der Waals surface area contributed by atoms with E-state index in [-0.39, 0.29) is 18.6 Å². The smallest absolute Gasteiger partial charge is 0.260 e. The van der Waals surface area contributed by atoms with Gasteiger partial charge in [-0.2, -0.15) is 5.26 Å². The number of nitriles is 1. The van der Waals surface area contributed by atoms with Gasteiger partial charge in [0.1, 0.15) is 0 Å². The predicted molar refractivity (Wildman–Crippen MR) is 82.8 cm³/mol. The second-order valence-electron chi connectivity index (χ2n) is 5.56. The molecule has 1 heterocycles. The standard InChI is InChI=1S/C17H22N2O3/c1-4-14-7-5-12(2)19(14)17(20)11-22-15-8-6-13(10-18)9-16(15)21-3/h6,8-9,12,14H,4-5,7,11H2,1-3H3/t12-,14-/m0/s1. The summed E-state index contributed by atoms with van der Waals surface area (Å²) in [7, 11) is 1.51. The molecule has 1 aromatic carbocycles. The second-order valence-corrected chi connectivity index (χ2v) is 5.56. The molecule has 1 aromatic rings. The highest BCUT2D eigenvalue weighted by Crippen LogP contribution is 2.29. The van der Waals surface area contributed by atoms with Gasteiger partial charge in [-0.15, -0.1) is 0 Å². The molecule has 5 nitrogen and oxygen atoms in total. The Hall–Kier alpha value is -2.22. The maximum absolute atomic E-state index is 12.4. The Bertz CT molecular complexity index is 580. The summed E-state index contributed by atoms with van der Waals surface area (Å²) < 4.78 is 10.8. The zero-order valence-corrected chi connectivity index (χ0v) is 13.3. The van der Waals surface area contributed by atoms with Crippen molar-refractivity contribution in [3.63, 3.8) is 0 Å². The second kappa shape index (κ2) is 7.17. The van der Waals surface area contributed by atoms with Crippen LogP contribution in [0.1, 0.15) is 38.7 Å². The lowest BCUT2D eigenvalue weighted by atomic mass is 10.1. The third-order valence-electron chi connectivity index (χ3n) is 4.19. The molecule has 118 valence electrons. The Balaban J connectivity index is 2.03. The number of carbonyl (C=O) groups excluding carboxylic acids is 1. The highest BCUT2D eigenvalue weighted by Gasteiger charge is 2.33. The van der Waals surface area contributed by atoms with Crippen LogP contribution in [0.4, 0.5) is 0 Å². The molecule has 22 heavy (non-hydrogen) atoms. The van der Waals surface area contributed by atoms with Crippen molar-refractivity contribution >= 4 is 5.91 Å². The van der Waals surface area contributed by atoms with Crippen molar-refractivity contribution in [2.24, 2.45) is 0 Å². The highest BCUT2D eigenvalue weighted by molar-refractivity contribution is 5.79. The monoisotopic (exact) mass is 302 g/mol. The molecule has 1 aliphatic heterocycles. The van der Waals surface area contributed by atoms with Crippen molar-refractivity contribution in [2.45, 2.75) is 45.2 Å². The van der Waals surface area contributed by atoms with E-state index < -0.39 is 0 Å². The van der Waals surface area contributed by atoms with E-state index in [2.05, 4.69) is 13.8 Å². The first-order valence-corrected chi connectivity index (χ1v) is 7.62. The summed E-state index contributed by atoms with van der Waals surface area (Å²) in [6.07, 6.45) is 3.07. The lowest BCUT2D eigenvalue weighted by molar-refractivity contribution is -0.136. The summed E-state index contributed by atoms with van der Waals surface area (Å²) in [5.41, 5.74) is 0.495. The van der Waals surface area contributed by atoms with Crippen LogP contribution in [-0.2, 0) is 4.79 Å². The zero-order valence-electron chi connectivity index (χ0n) is 13.3. The fourth-order valence-corrected chi connectivity index (χ4v) is 2.99. The van der Waals surface area contributed by atoms with Crippen LogP contribution in [0, 0.1) is 11.3 Å². The minimum atomic E-state index is -0.0108. The fourth-order valence-electron chi connectivity index (χ4n) is 2.99. The predicted octanol–water partition coefficient (Wildman–Crippen LogP) is 2.74. The van der Waals surface area contributed by atoms with Crippen molar-refractivity contribution < 1.29 is 14.3 Å². The number of carbonyl (C=O) groups is 1. The van der Waals surface area contributed by atoms with Gasteiger partial charge < -0.3 is 14.4 Å². The minimum absolute atomic E-state index is 0.00302. The fraction of sp³-hybridized carbons (Fsp3) is 0.529. The van der Waals surface area contributed by atoms with Crippen LogP contribution in [0.3, 0.4) is 0 Å². The van der Waals surface area contributed by atoms with Gasteiger partial charge in [0.2, 0.25) is 0 Å². The van der Waals surface area contributed by atoms with Gasteiger partial charge in [-0.3, -0.25) is 4.79 Å².